The third kappa shape index (κ3) is 6.82. The Morgan fingerprint density at radius 2 is 1.04 bits per heavy atom. The summed E-state index contributed by atoms with van der Waals surface area (Å²) < 4.78 is 62.4. The highest BCUT2D eigenvalue weighted by Crippen LogP contribution is 2.13. The van der Waals surface area contributed by atoms with E-state index in [2.05, 4.69) is 9.97 Å². The van der Waals surface area contributed by atoms with Crippen LogP contribution in [0.5, 0.6) is 0 Å². The van der Waals surface area contributed by atoms with E-state index in [1.165, 1.54) is 24.5 Å². The van der Waals surface area contributed by atoms with Crippen molar-refractivity contribution in [2.45, 2.75) is 9.79 Å². The molecule has 0 atom stereocenters. The predicted octanol–water partition coefficient (Wildman–Crippen LogP) is -3.68. The van der Waals surface area contributed by atoms with Crippen LogP contribution in [0, 0.1) is 0 Å². The molecule has 2 heterocycles. The van der Waals surface area contributed by atoms with E-state index < -0.39 is 30.0 Å². The van der Waals surface area contributed by atoms with Crippen LogP contribution in [0.1, 0.15) is 0 Å². The molecule has 0 radical (unpaired) electrons. The normalized spacial score (nSPS) is 10.4. The SMILES string of the molecule is Nc1cc[nH+]cc1S(=O)(=O)[O-].Nc1cc[nH+]cc1S(=O)(=O)[O-].O.O. The number of nitrogens with one attached hydrogen (secondary N) is 2. The van der Waals surface area contributed by atoms with Gasteiger partial charge in [0.05, 0.1) is 11.4 Å². The van der Waals surface area contributed by atoms with E-state index in [1.54, 1.807) is 0 Å². The summed E-state index contributed by atoms with van der Waals surface area (Å²) in [7, 11) is -8.88. The summed E-state index contributed by atoms with van der Waals surface area (Å²) in [5.74, 6) is 0. The number of anilines is 2. The Morgan fingerprint density at radius 3 is 1.21 bits per heavy atom. The minimum atomic E-state index is -4.44. The van der Waals surface area contributed by atoms with Crippen LogP contribution in [-0.4, -0.2) is 36.9 Å². The van der Waals surface area contributed by atoms with Crippen LogP contribution < -0.4 is 21.4 Å². The second-order valence-corrected chi connectivity index (χ2v) is 6.53. The molecular weight excluding hydrogens is 368 g/mol. The van der Waals surface area contributed by atoms with Gasteiger partial charge in [-0.05, 0) is 0 Å². The number of pyridine rings is 2. The standard InChI is InChI=1S/2C5H6N2O3S.2H2O/c2*6-4-1-2-7-3-5(4)11(8,9)10;;/h2*1-3H,(H2,6,7)(H,8,9,10);2*1H2. The van der Waals surface area contributed by atoms with Gasteiger partial charge in [-0.2, -0.15) is 0 Å². The molecule has 14 heteroatoms. The van der Waals surface area contributed by atoms with Crippen molar-refractivity contribution >= 4 is 31.6 Å². The zero-order valence-electron chi connectivity index (χ0n) is 11.9. The molecule has 0 bridgehead atoms. The van der Waals surface area contributed by atoms with E-state index in [-0.39, 0.29) is 22.3 Å². The Morgan fingerprint density at radius 1 is 0.750 bits per heavy atom. The van der Waals surface area contributed by atoms with Crippen molar-refractivity contribution in [3.05, 3.63) is 36.9 Å². The van der Waals surface area contributed by atoms with Gasteiger partial charge in [0.1, 0.15) is 30.0 Å². The number of H-pyrrole nitrogens is 2. The zero-order valence-corrected chi connectivity index (χ0v) is 13.5. The van der Waals surface area contributed by atoms with Gasteiger partial charge in [0, 0.05) is 12.1 Å². The molecule has 2 aromatic heterocycles. The molecule has 12 nitrogen and oxygen atoms in total. The van der Waals surface area contributed by atoms with Gasteiger partial charge in [0.15, 0.2) is 24.8 Å². The molecule has 0 amide bonds. The Kier molecular flexibility index (Phi) is 9.02. The monoisotopic (exact) mass is 384 g/mol. The maximum atomic E-state index is 10.4. The van der Waals surface area contributed by atoms with Gasteiger partial charge in [-0.25, -0.2) is 26.8 Å². The molecule has 0 fully saturated rings. The Bertz CT molecular complexity index is 796. The quantitative estimate of drug-likeness (QED) is 0.486. The minimum Gasteiger partial charge on any atom is -0.744 e. The first kappa shape index (κ1) is 23.9. The van der Waals surface area contributed by atoms with Gasteiger partial charge >= 0.3 is 0 Å². The van der Waals surface area contributed by atoms with E-state index >= 15 is 0 Å². The average molecular weight is 384 g/mol. The summed E-state index contributed by atoms with van der Waals surface area (Å²) in [6.45, 7) is 0. The van der Waals surface area contributed by atoms with Crippen molar-refractivity contribution in [2.75, 3.05) is 11.5 Å². The van der Waals surface area contributed by atoms with Gasteiger partial charge in [-0.1, -0.05) is 0 Å². The molecule has 0 unspecified atom stereocenters. The third-order valence-electron chi connectivity index (χ3n) is 2.25. The summed E-state index contributed by atoms with van der Waals surface area (Å²) in [5.41, 5.74) is 10.3. The van der Waals surface area contributed by atoms with Crippen LogP contribution in [-0.2, 0) is 20.2 Å². The molecule has 0 aromatic carbocycles. The van der Waals surface area contributed by atoms with Crippen molar-refractivity contribution in [3.63, 3.8) is 0 Å². The minimum absolute atomic E-state index is 0. The van der Waals surface area contributed by atoms with Crippen LogP contribution in [0.3, 0.4) is 0 Å². The van der Waals surface area contributed by atoms with Crippen molar-refractivity contribution in [1.82, 2.24) is 0 Å². The molecule has 0 aliphatic rings. The summed E-state index contributed by atoms with van der Waals surface area (Å²) in [5, 5.41) is 0. The summed E-state index contributed by atoms with van der Waals surface area (Å²) >= 11 is 0. The lowest BCUT2D eigenvalue weighted by Crippen LogP contribution is -2.09. The fraction of sp³-hybridized carbons (Fsp3) is 0. The second-order valence-electron chi connectivity index (χ2n) is 3.84. The maximum absolute atomic E-state index is 10.4. The van der Waals surface area contributed by atoms with Crippen LogP contribution >= 0.6 is 0 Å². The first-order chi connectivity index (χ1) is 10.0. The highest BCUT2D eigenvalue weighted by Gasteiger charge is 2.08. The lowest BCUT2D eigenvalue weighted by atomic mass is 10.4. The van der Waals surface area contributed by atoms with E-state index in [1.807, 2.05) is 0 Å². The van der Waals surface area contributed by atoms with Crippen molar-refractivity contribution in [1.29, 1.82) is 0 Å². The molecular formula is C10H16N4O8S2. The van der Waals surface area contributed by atoms with E-state index in [0.717, 1.165) is 12.4 Å². The second kappa shape index (κ2) is 9.06. The smallest absolute Gasteiger partial charge is 0.186 e. The Hall–Kier alpha value is -2.36. The van der Waals surface area contributed by atoms with E-state index in [9.17, 15) is 25.9 Å². The fourth-order valence-corrected chi connectivity index (χ4v) is 2.43. The Balaban J connectivity index is 0. The van der Waals surface area contributed by atoms with Gasteiger partial charge in [-0.3, -0.25) is 0 Å². The van der Waals surface area contributed by atoms with Crippen LogP contribution in [0.25, 0.3) is 0 Å². The molecule has 10 N–H and O–H groups in total. The van der Waals surface area contributed by atoms with Gasteiger partial charge < -0.3 is 31.5 Å². The number of rotatable bonds is 2. The molecule has 0 spiro atoms. The molecule has 0 saturated carbocycles. The number of hydrogen-bond acceptors (Lipinski definition) is 8. The molecule has 24 heavy (non-hydrogen) atoms. The van der Waals surface area contributed by atoms with Crippen LogP contribution in [0.2, 0.25) is 0 Å². The fourth-order valence-electron chi connectivity index (χ4n) is 1.29. The van der Waals surface area contributed by atoms with Gasteiger partial charge in [-0.15, -0.1) is 0 Å². The summed E-state index contributed by atoms with van der Waals surface area (Å²) in [6.07, 6.45) is 4.98. The number of hydrogen-bond donors (Lipinski definition) is 2. The molecule has 0 aliphatic heterocycles. The molecule has 2 aromatic rings. The number of nitrogens with two attached hydrogens (primary N) is 2. The number of aromatic nitrogens is 2. The van der Waals surface area contributed by atoms with Crippen LogP contribution in [0.4, 0.5) is 11.4 Å². The zero-order chi connectivity index (χ0) is 17.0. The lowest BCUT2D eigenvalue weighted by molar-refractivity contribution is -0.381. The molecule has 2 rings (SSSR count). The van der Waals surface area contributed by atoms with E-state index in [4.69, 9.17) is 11.5 Å². The summed E-state index contributed by atoms with van der Waals surface area (Å²) in [6, 6.07) is 2.62. The van der Waals surface area contributed by atoms with E-state index in [0.29, 0.717) is 0 Å². The molecule has 0 saturated heterocycles. The predicted molar refractivity (Wildman–Crippen MR) is 78.0 cm³/mol. The van der Waals surface area contributed by atoms with Gasteiger partial charge in [0.25, 0.3) is 0 Å². The average Bonchev–Trinajstić information content (AvgIpc) is 2.37. The van der Waals surface area contributed by atoms with Crippen molar-refractivity contribution in [2.24, 2.45) is 0 Å². The first-order valence-corrected chi connectivity index (χ1v) is 8.28. The lowest BCUT2D eigenvalue weighted by Gasteiger charge is -2.05. The number of aromatic amines is 2. The highest BCUT2D eigenvalue weighted by molar-refractivity contribution is 7.86. The van der Waals surface area contributed by atoms with Crippen LogP contribution in [0.15, 0.2) is 46.7 Å². The number of nitrogen functional groups attached to an aromatic ring is 2. The largest absolute Gasteiger partial charge is 0.744 e. The molecule has 136 valence electrons. The topological polar surface area (TPSA) is 258 Å². The molecule has 0 aliphatic carbocycles. The first-order valence-electron chi connectivity index (χ1n) is 5.46. The highest BCUT2D eigenvalue weighted by atomic mass is 32.2. The Labute approximate surface area is 137 Å². The maximum Gasteiger partial charge on any atom is 0.186 e. The van der Waals surface area contributed by atoms with Gasteiger partial charge in [0.2, 0.25) is 0 Å². The van der Waals surface area contributed by atoms with Crippen molar-refractivity contribution in [3.8, 4) is 0 Å². The van der Waals surface area contributed by atoms with Crippen molar-refractivity contribution < 1.29 is 46.9 Å². The summed E-state index contributed by atoms with van der Waals surface area (Å²) in [4.78, 5) is 4.07. The third-order valence-corrected chi connectivity index (χ3v) is 4.04.